The minimum absolute atomic E-state index is 0.147. The molecular weight excluding hydrogens is 422 g/mol. The van der Waals surface area contributed by atoms with Crippen LogP contribution in [0.3, 0.4) is 0 Å². The Kier molecular flexibility index (Phi) is 7.55. The summed E-state index contributed by atoms with van der Waals surface area (Å²) in [4.78, 5) is 36.2. The summed E-state index contributed by atoms with van der Waals surface area (Å²) >= 11 is 0. The molecule has 0 unspecified atom stereocenters. The molecule has 2 rings (SSSR count). The van der Waals surface area contributed by atoms with Crippen LogP contribution in [0.2, 0.25) is 0 Å². The highest BCUT2D eigenvalue weighted by molar-refractivity contribution is 5.83. The fourth-order valence-electron chi connectivity index (χ4n) is 4.28. The number of quaternary nitrogens is 1. The predicted octanol–water partition coefficient (Wildman–Crippen LogP) is 0.888. The van der Waals surface area contributed by atoms with Crippen LogP contribution in [0.5, 0.6) is 0 Å². The van der Waals surface area contributed by atoms with Gasteiger partial charge >= 0.3 is 17.9 Å². The summed E-state index contributed by atoms with van der Waals surface area (Å²) in [5, 5.41) is 34.5. The maximum absolute atomic E-state index is 13.1. The molecule has 0 radical (unpaired) electrons. The summed E-state index contributed by atoms with van der Waals surface area (Å²) in [6.45, 7) is 8.33. The van der Waals surface area contributed by atoms with Gasteiger partial charge in [-0.25, -0.2) is 9.59 Å². The number of ether oxygens (including phenoxy) is 3. The minimum atomic E-state index is -2.55. The molecule has 0 bridgehead atoms. The first-order valence-electron chi connectivity index (χ1n) is 10.5. The molecule has 0 aliphatic carbocycles. The number of allylic oxidation sites excluding steroid dienone is 1. The highest BCUT2D eigenvalue weighted by Gasteiger charge is 2.57. The second kappa shape index (κ2) is 9.30. The van der Waals surface area contributed by atoms with Crippen molar-refractivity contribution in [2.45, 2.75) is 77.4 Å². The van der Waals surface area contributed by atoms with E-state index in [1.165, 1.54) is 26.8 Å². The summed E-state index contributed by atoms with van der Waals surface area (Å²) in [6.07, 6.45) is 1.29. The van der Waals surface area contributed by atoms with Gasteiger partial charge in [-0.2, -0.15) is 0 Å². The number of fused-ring (bicyclic) bond motifs is 1. The van der Waals surface area contributed by atoms with Crippen LogP contribution in [-0.2, 0) is 28.6 Å². The van der Waals surface area contributed by atoms with Crippen molar-refractivity contribution in [3.63, 3.8) is 0 Å². The van der Waals surface area contributed by atoms with Crippen molar-refractivity contribution in [1.29, 1.82) is 0 Å². The van der Waals surface area contributed by atoms with Gasteiger partial charge in [-0.15, -0.1) is 0 Å². The molecule has 2 aliphatic heterocycles. The fourth-order valence-corrected chi connectivity index (χ4v) is 4.28. The van der Waals surface area contributed by atoms with E-state index in [2.05, 4.69) is 0 Å². The molecule has 0 amide bonds. The number of nitrogens with zero attached hydrogens (tertiary/aromatic N) is 1. The Balaban J connectivity index is 2.16. The lowest BCUT2D eigenvalue weighted by atomic mass is 9.81. The normalized spacial score (nSPS) is 27.5. The Labute approximate surface area is 187 Å². The third-order valence-electron chi connectivity index (χ3n) is 5.91. The van der Waals surface area contributed by atoms with E-state index < -0.39 is 52.0 Å². The van der Waals surface area contributed by atoms with Crippen molar-refractivity contribution < 1.29 is 43.5 Å². The second-order valence-electron chi connectivity index (χ2n) is 9.22. The summed E-state index contributed by atoms with van der Waals surface area (Å²) in [5.41, 5.74) is -3.32. The van der Waals surface area contributed by atoms with Gasteiger partial charge in [0.05, 0.1) is 13.1 Å². The van der Waals surface area contributed by atoms with Crippen molar-refractivity contribution in [2.75, 3.05) is 19.7 Å². The van der Waals surface area contributed by atoms with E-state index in [4.69, 9.17) is 14.2 Å². The Morgan fingerprint density at radius 2 is 1.91 bits per heavy atom. The lowest BCUT2D eigenvalue weighted by Gasteiger charge is -2.41. The van der Waals surface area contributed by atoms with Crippen LogP contribution >= 0.6 is 0 Å². The zero-order chi connectivity index (χ0) is 24.5. The van der Waals surface area contributed by atoms with E-state index in [1.54, 1.807) is 19.9 Å². The summed E-state index contributed by atoms with van der Waals surface area (Å²) in [5.74, 6) is -2.49. The molecule has 2 N–H and O–H groups in total. The Morgan fingerprint density at radius 3 is 2.44 bits per heavy atom. The van der Waals surface area contributed by atoms with Crippen LogP contribution in [0.25, 0.3) is 0 Å². The summed E-state index contributed by atoms with van der Waals surface area (Å²) in [6, 6.07) is -0.724. The summed E-state index contributed by atoms with van der Waals surface area (Å²) in [7, 11) is 0. The number of hydrogen-bond donors (Lipinski definition) is 2. The number of hydroxylamine groups is 3. The summed E-state index contributed by atoms with van der Waals surface area (Å²) < 4.78 is 15.1. The van der Waals surface area contributed by atoms with Crippen LogP contribution in [0.1, 0.15) is 48.0 Å². The van der Waals surface area contributed by atoms with Gasteiger partial charge in [0.25, 0.3) is 0 Å². The van der Waals surface area contributed by atoms with Gasteiger partial charge < -0.3 is 34.3 Å². The molecule has 1 fully saturated rings. The molecule has 0 aromatic rings. The number of carbonyl (C=O) groups is 3. The molecule has 0 aromatic carbocycles. The average molecular weight is 456 g/mol. The highest BCUT2D eigenvalue weighted by atomic mass is 16.6. The van der Waals surface area contributed by atoms with Gasteiger partial charge in [-0.3, -0.25) is 4.79 Å². The van der Waals surface area contributed by atoms with Crippen molar-refractivity contribution in [3.05, 3.63) is 28.5 Å². The van der Waals surface area contributed by atoms with E-state index in [1.807, 2.05) is 0 Å². The first kappa shape index (κ1) is 26.0. The minimum Gasteiger partial charge on any atom is -0.632 e. The second-order valence-corrected chi connectivity index (χ2v) is 9.22. The van der Waals surface area contributed by atoms with Gasteiger partial charge in [-0.1, -0.05) is 5.57 Å². The SMILES string of the molecule is CC(=O)O[C@H](C)[C@](O)(C(=O)OCC1=CC[N@@+]2([O-])CC[C@@H](OC(=O)C=C(C)C)[C@@H]12)C(C)(C)O. The smallest absolute Gasteiger partial charge is 0.345 e. The monoisotopic (exact) mass is 455 g/mol. The molecule has 180 valence electrons. The zero-order valence-electron chi connectivity index (χ0n) is 19.4. The molecule has 10 nitrogen and oxygen atoms in total. The molecule has 5 atom stereocenters. The molecular formula is C22H33NO9. The Morgan fingerprint density at radius 1 is 1.28 bits per heavy atom. The molecule has 0 saturated carbocycles. The van der Waals surface area contributed by atoms with Crippen molar-refractivity contribution in [2.24, 2.45) is 0 Å². The molecule has 2 heterocycles. The van der Waals surface area contributed by atoms with E-state index >= 15 is 0 Å². The molecule has 0 aromatic heterocycles. The van der Waals surface area contributed by atoms with Crippen LogP contribution in [-0.4, -0.2) is 81.9 Å². The molecule has 32 heavy (non-hydrogen) atoms. The van der Waals surface area contributed by atoms with Crippen molar-refractivity contribution >= 4 is 17.9 Å². The molecule has 0 spiro atoms. The number of hydrogen-bond acceptors (Lipinski definition) is 9. The average Bonchev–Trinajstić information content (AvgIpc) is 3.12. The van der Waals surface area contributed by atoms with Crippen LogP contribution in [0.15, 0.2) is 23.3 Å². The van der Waals surface area contributed by atoms with Crippen LogP contribution in [0, 0.1) is 5.21 Å². The topological polar surface area (TPSA) is 142 Å². The van der Waals surface area contributed by atoms with Crippen LogP contribution in [0.4, 0.5) is 0 Å². The van der Waals surface area contributed by atoms with Crippen LogP contribution < -0.4 is 0 Å². The van der Waals surface area contributed by atoms with Gasteiger partial charge in [0, 0.05) is 25.0 Å². The number of carbonyl (C=O) groups excluding carboxylic acids is 3. The van der Waals surface area contributed by atoms with Gasteiger partial charge in [0.15, 0.2) is 12.1 Å². The van der Waals surface area contributed by atoms with E-state index in [9.17, 15) is 29.8 Å². The third-order valence-corrected chi connectivity index (χ3v) is 5.91. The fraction of sp³-hybridized carbons (Fsp3) is 0.682. The van der Waals surface area contributed by atoms with Gasteiger partial charge in [-0.05, 0) is 40.7 Å². The number of aliphatic hydroxyl groups is 2. The first-order chi connectivity index (χ1) is 14.6. The van der Waals surface area contributed by atoms with Crippen molar-refractivity contribution in [3.8, 4) is 0 Å². The Hall–Kier alpha value is -2.27. The van der Waals surface area contributed by atoms with Crippen molar-refractivity contribution in [1.82, 2.24) is 0 Å². The van der Waals surface area contributed by atoms with E-state index in [0.29, 0.717) is 12.0 Å². The number of rotatable bonds is 8. The van der Waals surface area contributed by atoms with E-state index in [-0.39, 0.29) is 19.7 Å². The highest BCUT2D eigenvalue weighted by Crippen LogP contribution is 2.38. The Bertz CT molecular complexity index is 824. The van der Waals surface area contributed by atoms with E-state index in [0.717, 1.165) is 12.5 Å². The largest absolute Gasteiger partial charge is 0.632 e. The molecule has 10 heteroatoms. The van der Waals surface area contributed by atoms with Gasteiger partial charge in [0.1, 0.15) is 18.3 Å². The zero-order valence-corrected chi connectivity index (χ0v) is 19.4. The maximum atomic E-state index is 13.1. The maximum Gasteiger partial charge on any atom is 0.345 e. The molecule has 1 saturated heterocycles. The first-order valence-corrected chi connectivity index (χ1v) is 10.5. The predicted molar refractivity (Wildman–Crippen MR) is 113 cm³/mol. The standard InChI is InChI=1S/C22H33NO9/c1-13(2)11-18(25)32-17-8-10-23(29)9-7-16(19(17)23)12-30-20(26)22(28,21(5,6)27)14(3)31-15(4)24/h7,11,14,17,19,27-28H,8-10,12H2,1-6H3/t14-,17-,19-,22+,23-/m1/s1. The lowest BCUT2D eigenvalue weighted by molar-refractivity contribution is -0.877. The molecule has 2 aliphatic rings. The van der Waals surface area contributed by atoms with Gasteiger partial charge in [0.2, 0.25) is 5.60 Å². The lowest BCUT2D eigenvalue weighted by Crippen LogP contribution is -2.64. The quantitative estimate of drug-likeness (QED) is 0.136. The number of esters is 3. The third kappa shape index (κ3) is 5.20.